The lowest BCUT2D eigenvalue weighted by atomic mass is 10.2. The highest BCUT2D eigenvalue weighted by Gasteiger charge is 2.22. The van der Waals surface area contributed by atoms with Gasteiger partial charge in [-0.25, -0.2) is 14.0 Å². The Hall–Kier alpha value is -2.64. The largest absolute Gasteiger partial charge is 0.480 e. The minimum atomic E-state index is -1.44. The van der Waals surface area contributed by atoms with Crippen LogP contribution in [0.15, 0.2) is 18.2 Å². The highest BCUT2D eigenvalue weighted by Crippen LogP contribution is 2.15. The second kappa shape index (κ2) is 6.50. The lowest BCUT2D eigenvalue weighted by Gasteiger charge is -2.14. The van der Waals surface area contributed by atoms with Crippen LogP contribution in [0.5, 0.6) is 0 Å². The summed E-state index contributed by atoms with van der Waals surface area (Å²) in [5.41, 5.74) is 5.68. The van der Waals surface area contributed by atoms with Crippen LogP contribution < -0.4 is 16.4 Å². The molecular formula is C12H14FN3O4. The van der Waals surface area contributed by atoms with Crippen LogP contribution in [0.1, 0.15) is 12.0 Å². The van der Waals surface area contributed by atoms with E-state index in [-0.39, 0.29) is 5.69 Å². The van der Waals surface area contributed by atoms with E-state index in [1.54, 1.807) is 6.92 Å². The normalized spacial score (nSPS) is 11.5. The molecule has 0 saturated carbocycles. The van der Waals surface area contributed by atoms with Crippen molar-refractivity contribution < 1.29 is 23.9 Å². The van der Waals surface area contributed by atoms with Crippen LogP contribution in [0.3, 0.4) is 0 Å². The molecule has 0 heterocycles. The number of carbonyl (C=O) groups excluding carboxylic acids is 2. The van der Waals surface area contributed by atoms with E-state index in [0.29, 0.717) is 5.56 Å². The maximum atomic E-state index is 13.0. The minimum Gasteiger partial charge on any atom is -0.480 e. The van der Waals surface area contributed by atoms with Crippen molar-refractivity contribution in [3.63, 3.8) is 0 Å². The van der Waals surface area contributed by atoms with Gasteiger partial charge in [0, 0.05) is 5.69 Å². The number of urea groups is 1. The Morgan fingerprint density at radius 2 is 2.05 bits per heavy atom. The van der Waals surface area contributed by atoms with Gasteiger partial charge in [-0.3, -0.25) is 4.79 Å². The number of halogens is 1. The number of carbonyl (C=O) groups is 3. The first-order chi connectivity index (χ1) is 9.29. The van der Waals surface area contributed by atoms with Gasteiger partial charge < -0.3 is 21.5 Å². The maximum Gasteiger partial charge on any atom is 0.326 e. The number of aryl methyl sites for hydroxylation is 1. The van der Waals surface area contributed by atoms with Crippen LogP contribution in [0, 0.1) is 12.7 Å². The van der Waals surface area contributed by atoms with Crippen molar-refractivity contribution in [2.75, 3.05) is 5.32 Å². The molecule has 0 aromatic heterocycles. The van der Waals surface area contributed by atoms with Gasteiger partial charge in [-0.1, -0.05) is 6.07 Å². The number of hydrogen-bond donors (Lipinski definition) is 4. The smallest absolute Gasteiger partial charge is 0.326 e. The van der Waals surface area contributed by atoms with E-state index in [9.17, 15) is 18.8 Å². The molecule has 7 nitrogen and oxygen atoms in total. The zero-order chi connectivity index (χ0) is 15.3. The van der Waals surface area contributed by atoms with Gasteiger partial charge in [-0.2, -0.15) is 0 Å². The van der Waals surface area contributed by atoms with Gasteiger partial charge in [0.05, 0.1) is 6.42 Å². The van der Waals surface area contributed by atoms with E-state index in [1.165, 1.54) is 12.1 Å². The topological polar surface area (TPSA) is 122 Å². The Morgan fingerprint density at radius 1 is 1.40 bits per heavy atom. The number of amides is 3. The number of aliphatic carboxylic acids is 1. The molecule has 1 unspecified atom stereocenters. The molecule has 0 aliphatic carbocycles. The molecule has 5 N–H and O–H groups in total. The monoisotopic (exact) mass is 283 g/mol. The fourth-order valence-electron chi connectivity index (χ4n) is 1.45. The number of carboxylic acid groups (broad SMARTS) is 1. The van der Waals surface area contributed by atoms with Crippen molar-refractivity contribution in [1.82, 2.24) is 5.32 Å². The summed E-state index contributed by atoms with van der Waals surface area (Å²) in [7, 11) is 0. The molecule has 108 valence electrons. The highest BCUT2D eigenvalue weighted by molar-refractivity contribution is 5.94. The van der Waals surface area contributed by atoms with Gasteiger partial charge in [-0.05, 0) is 24.6 Å². The maximum absolute atomic E-state index is 13.0. The average Bonchev–Trinajstić information content (AvgIpc) is 2.32. The summed E-state index contributed by atoms with van der Waals surface area (Å²) < 4.78 is 13.0. The molecule has 1 atom stereocenters. The summed E-state index contributed by atoms with van der Waals surface area (Å²) in [5, 5.41) is 13.2. The molecule has 1 aromatic carbocycles. The van der Waals surface area contributed by atoms with Crippen molar-refractivity contribution >= 4 is 23.6 Å². The first-order valence-corrected chi connectivity index (χ1v) is 5.64. The van der Waals surface area contributed by atoms with E-state index in [0.717, 1.165) is 6.07 Å². The summed E-state index contributed by atoms with van der Waals surface area (Å²) in [6.07, 6.45) is -0.537. The van der Waals surface area contributed by atoms with Crippen LogP contribution in [0.25, 0.3) is 0 Å². The molecule has 3 amide bonds. The summed E-state index contributed by atoms with van der Waals surface area (Å²) in [6.45, 7) is 1.65. The number of primary amides is 1. The average molecular weight is 283 g/mol. The van der Waals surface area contributed by atoms with E-state index < -0.39 is 36.2 Å². The molecule has 0 radical (unpaired) electrons. The van der Waals surface area contributed by atoms with E-state index in [4.69, 9.17) is 10.8 Å². The van der Waals surface area contributed by atoms with Crippen molar-refractivity contribution in [2.45, 2.75) is 19.4 Å². The fraction of sp³-hybridized carbons (Fsp3) is 0.250. The van der Waals surface area contributed by atoms with E-state index in [1.807, 2.05) is 0 Å². The number of anilines is 1. The lowest BCUT2D eigenvalue weighted by molar-refractivity contribution is -0.140. The minimum absolute atomic E-state index is 0.200. The van der Waals surface area contributed by atoms with Gasteiger partial charge in [-0.15, -0.1) is 0 Å². The number of carboxylic acids is 1. The van der Waals surface area contributed by atoms with Gasteiger partial charge in [0.2, 0.25) is 5.91 Å². The standard InChI is InChI=1S/C12H14FN3O4/c1-6-2-3-7(13)4-8(6)15-12(20)16-9(11(18)19)5-10(14)17/h2-4,9H,5H2,1H3,(H2,14,17)(H,18,19)(H2,15,16,20). The van der Waals surface area contributed by atoms with Crippen LogP contribution in [0.4, 0.5) is 14.9 Å². The molecule has 0 saturated heterocycles. The third-order valence-electron chi connectivity index (χ3n) is 2.46. The van der Waals surface area contributed by atoms with E-state index >= 15 is 0 Å². The first-order valence-electron chi connectivity index (χ1n) is 5.64. The molecular weight excluding hydrogens is 269 g/mol. The Labute approximate surface area is 114 Å². The number of nitrogens with one attached hydrogen (secondary N) is 2. The molecule has 0 aliphatic rings. The van der Waals surface area contributed by atoms with Gasteiger partial charge >= 0.3 is 12.0 Å². The van der Waals surface area contributed by atoms with Crippen LogP contribution in [0.2, 0.25) is 0 Å². The Morgan fingerprint density at radius 3 is 2.60 bits per heavy atom. The first kappa shape index (κ1) is 15.4. The van der Waals surface area contributed by atoms with Gasteiger partial charge in [0.25, 0.3) is 0 Å². The summed E-state index contributed by atoms with van der Waals surface area (Å²) in [5.74, 6) is -2.80. The highest BCUT2D eigenvalue weighted by atomic mass is 19.1. The fourth-order valence-corrected chi connectivity index (χ4v) is 1.45. The Bertz CT molecular complexity index is 548. The molecule has 1 rings (SSSR count). The van der Waals surface area contributed by atoms with Crippen molar-refractivity contribution in [1.29, 1.82) is 0 Å². The number of nitrogens with two attached hydrogens (primary N) is 1. The lowest BCUT2D eigenvalue weighted by Crippen LogP contribution is -2.45. The summed E-state index contributed by atoms with van der Waals surface area (Å²) in [6, 6.07) is 1.47. The summed E-state index contributed by atoms with van der Waals surface area (Å²) in [4.78, 5) is 33.1. The SMILES string of the molecule is Cc1ccc(F)cc1NC(=O)NC(CC(N)=O)C(=O)O. The molecule has 1 aromatic rings. The van der Waals surface area contributed by atoms with Crippen LogP contribution in [-0.4, -0.2) is 29.1 Å². The number of benzene rings is 1. The molecule has 0 bridgehead atoms. The molecule has 20 heavy (non-hydrogen) atoms. The van der Waals surface area contributed by atoms with Crippen LogP contribution in [-0.2, 0) is 9.59 Å². The predicted molar refractivity (Wildman–Crippen MR) is 68.5 cm³/mol. The number of rotatable bonds is 5. The zero-order valence-electron chi connectivity index (χ0n) is 10.6. The van der Waals surface area contributed by atoms with Crippen molar-refractivity contribution in [2.24, 2.45) is 5.73 Å². The summed E-state index contributed by atoms with van der Waals surface area (Å²) >= 11 is 0. The zero-order valence-corrected chi connectivity index (χ0v) is 10.6. The third-order valence-corrected chi connectivity index (χ3v) is 2.46. The van der Waals surface area contributed by atoms with Crippen LogP contribution >= 0.6 is 0 Å². The van der Waals surface area contributed by atoms with Crippen molar-refractivity contribution in [3.05, 3.63) is 29.6 Å². The molecule has 0 fully saturated rings. The van der Waals surface area contributed by atoms with E-state index in [2.05, 4.69) is 10.6 Å². The second-order valence-electron chi connectivity index (χ2n) is 4.12. The number of hydrogen-bond acceptors (Lipinski definition) is 3. The molecule has 0 spiro atoms. The van der Waals surface area contributed by atoms with Gasteiger partial charge in [0.1, 0.15) is 11.9 Å². The Kier molecular flexibility index (Phi) is 5.01. The quantitative estimate of drug-likeness (QED) is 0.631. The third kappa shape index (κ3) is 4.56. The molecule has 0 aliphatic heterocycles. The molecule has 8 heteroatoms. The predicted octanol–water partition coefficient (Wildman–Crippen LogP) is 0.584. The Balaban J connectivity index is 2.72. The second-order valence-corrected chi connectivity index (χ2v) is 4.12. The van der Waals surface area contributed by atoms with Crippen molar-refractivity contribution in [3.8, 4) is 0 Å². The van der Waals surface area contributed by atoms with Gasteiger partial charge in [0.15, 0.2) is 0 Å².